The first-order chi connectivity index (χ1) is 16.6. The van der Waals surface area contributed by atoms with E-state index in [9.17, 15) is 4.79 Å². The molecule has 2 aromatic heterocycles. The number of benzene rings is 3. The molecule has 0 unspecified atom stereocenters. The third-order valence-electron chi connectivity index (χ3n) is 6.05. The van der Waals surface area contributed by atoms with Gasteiger partial charge < -0.3 is 9.30 Å². The summed E-state index contributed by atoms with van der Waals surface area (Å²) in [5, 5.41) is 2.94. The van der Waals surface area contributed by atoms with Crippen LogP contribution >= 0.6 is 23.7 Å². The summed E-state index contributed by atoms with van der Waals surface area (Å²) in [6.45, 7) is 5.44. The zero-order valence-corrected chi connectivity index (χ0v) is 21.3. The van der Waals surface area contributed by atoms with Crippen molar-refractivity contribution in [3.8, 4) is 5.75 Å². The van der Waals surface area contributed by atoms with Crippen molar-refractivity contribution >= 4 is 55.8 Å². The average molecular weight is 507 g/mol. The largest absolute Gasteiger partial charge is 0.484 e. The summed E-state index contributed by atoms with van der Waals surface area (Å²) in [4.78, 5) is 24.1. The van der Waals surface area contributed by atoms with Crippen LogP contribution in [0.5, 0.6) is 5.75 Å². The molecule has 2 heterocycles. The van der Waals surface area contributed by atoms with Crippen molar-refractivity contribution < 1.29 is 9.53 Å². The van der Waals surface area contributed by atoms with Crippen LogP contribution in [0.4, 0.5) is 5.13 Å². The van der Waals surface area contributed by atoms with E-state index in [0.29, 0.717) is 17.4 Å². The number of halogens is 1. The molecule has 0 saturated heterocycles. The Morgan fingerprint density at radius 3 is 2.71 bits per heavy atom. The number of nitrogens with zero attached hydrogens (tertiary/aromatic N) is 4. The van der Waals surface area contributed by atoms with Crippen LogP contribution < -0.4 is 9.64 Å². The number of amides is 1. The van der Waals surface area contributed by atoms with Crippen molar-refractivity contribution in [2.45, 2.75) is 26.8 Å². The van der Waals surface area contributed by atoms with Crippen LogP contribution in [-0.2, 0) is 11.3 Å². The zero-order chi connectivity index (χ0) is 23.5. The predicted octanol–water partition coefficient (Wildman–Crippen LogP) is 6.19. The third kappa shape index (κ3) is 5.47. The third-order valence-corrected chi connectivity index (χ3v) is 7.09. The van der Waals surface area contributed by atoms with E-state index in [2.05, 4.69) is 37.0 Å². The Bertz CT molecular complexity index is 1450. The van der Waals surface area contributed by atoms with Crippen molar-refractivity contribution in [3.63, 3.8) is 0 Å². The lowest BCUT2D eigenvalue weighted by atomic mass is 10.1. The van der Waals surface area contributed by atoms with Crippen LogP contribution in [0.25, 0.3) is 21.0 Å². The average Bonchev–Trinajstić information content (AvgIpc) is 3.53. The molecule has 0 aliphatic carbocycles. The first-order valence-electron chi connectivity index (χ1n) is 11.3. The van der Waals surface area contributed by atoms with Crippen LogP contribution in [-0.4, -0.2) is 33.6 Å². The molecule has 180 valence electrons. The van der Waals surface area contributed by atoms with Crippen LogP contribution in [0.3, 0.4) is 0 Å². The van der Waals surface area contributed by atoms with E-state index >= 15 is 0 Å². The fraction of sp³-hybridized carbons (Fsp3) is 0.222. The fourth-order valence-electron chi connectivity index (χ4n) is 3.97. The number of carbonyl (C=O) groups is 1. The van der Waals surface area contributed by atoms with Gasteiger partial charge in [-0.05, 0) is 60.4 Å². The lowest BCUT2D eigenvalue weighted by Crippen LogP contribution is -2.36. The second kappa shape index (κ2) is 10.9. The summed E-state index contributed by atoms with van der Waals surface area (Å²) in [5.74, 6) is 0.577. The smallest absolute Gasteiger partial charge is 0.266 e. The normalized spacial score (nSPS) is 10.9. The number of aryl methyl sites for hydroxylation is 3. The molecule has 0 atom stereocenters. The summed E-state index contributed by atoms with van der Waals surface area (Å²) in [6, 6.07) is 18.2. The maximum absolute atomic E-state index is 13.4. The lowest BCUT2D eigenvalue weighted by Gasteiger charge is -2.20. The summed E-state index contributed by atoms with van der Waals surface area (Å²) in [7, 11) is 0. The monoisotopic (exact) mass is 506 g/mol. The first kappa shape index (κ1) is 24.7. The Kier molecular flexibility index (Phi) is 7.68. The van der Waals surface area contributed by atoms with E-state index in [4.69, 9.17) is 9.72 Å². The number of aromatic nitrogens is 3. The van der Waals surface area contributed by atoms with Crippen molar-refractivity contribution in [1.82, 2.24) is 14.5 Å². The lowest BCUT2D eigenvalue weighted by molar-refractivity contribution is -0.120. The fourth-order valence-corrected chi connectivity index (χ4v) is 5.04. The van der Waals surface area contributed by atoms with E-state index in [-0.39, 0.29) is 24.9 Å². The number of hydrogen-bond acceptors (Lipinski definition) is 5. The highest BCUT2D eigenvalue weighted by Crippen LogP contribution is 2.32. The highest BCUT2D eigenvalue weighted by Gasteiger charge is 2.21. The molecule has 0 fully saturated rings. The standard InChI is InChI=1S/C27H26N4O2S.ClH/c1-19-8-11-24-26(20(19)2)29-27(34-24)31(14-5-13-30-15-12-28-18-30)25(32)17-33-23-10-9-21-6-3-4-7-22(21)16-23;/h3-4,6-12,15-16,18H,5,13-14,17H2,1-2H3;1H. The van der Waals surface area contributed by atoms with E-state index in [1.807, 2.05) is 47.2 Å². The SMILES string of the molecule is Cc1ccc2sc(N(CCCn3ccnc3)C(=O)COc3ccc4ccccc4c3)nc2c1C.Cl. The quantitative estimate of drug-likeness (QED) is 0.252. The molecular weight excluding hydrogens is 480 g/mol. The Hall–Kier alpha value is -3.42. The van der Waals surface area contributed by atoms with Gasteiger partial charge in [0.15, 0.2) is 11.7 Å². The first-order valence-corrected chi connectivity index (χ1v) is 12.1. The molecule has 8 heteroatoms. The van der Waals surface area contributed by atoms with Gasteiger partial charge in [0, 0.05) is 25.5 Å². The number of imidazole rings is 1. The van der Waals surface area contributed by atoms with Gasteiger partial charge in [-0.15, -0.1) is 12.4 Å². The van der Waals surface area contributed by atoms with Crippen molar-refractivity contribution in [2.75, 3.05) is 18.1 Å². The van der Waals surface area contributed by atoms with E-state index in [1.165, 1.54) is 5.56 Å². The number of thiazole rings is 1. The Labute approximate surface area is 214 Å². The molecule has 3 aromatic carbocycles. The molecule has 5 aromatic rings. The molecule has 0 radical (unpaired) electrons. The number of fused-ring (bicyclic) bond motifs is 2. The van der Waals surface area contributed by atoms with E-state index < -0.39 is 0 Å². The van der Waals surface area contributed by atoms with Gasteiger partial charge in [0.2, 0.25) is 0 Å². The van der Waals surface area contributed by atoms with Crippen LogP contribution in [0, 0.1) is 13.8 Å². The van der Waals surface area contributed by atoms with Gasteiger partial charge in [-0.3, -0.25) is 9.69 Å². The maximum atomic E-state index is 13.4. The summed E-state index contributed by atoms with van der Waals surface area (Å²) in [5.41, 5.74) is 3.31. The highest BCUT2D eigenvalue weighted by molar-refractivity contribution is 7.22. The van der Waals surface area contributed by atoms with Gasteiger partial charge in [-0.2, -0.15) is 0 Å². The van der Waals surface area contributed by atoms with Crippen molar-refractivity contribution in [2.24, 2.45) is 0 Å². The molecule has 0 spiro atoms. The minimum atomic E-state index is -0.104. The number of hydrogen-bond donors (Lipinski definition) is 0. The van der Waals surface area contributed by atoms with E-state index in [0.717, 1.165) is 39.5 Å². The van der Waals surface area contributed by atoms with Crippen LogP contribution in [0.15, 0.2) is 73.3 Å². The minimum absolute atomic E-state index is 0. The Balaban J connectivity index is 0.00000289. The van der Waals surface area contributed by atoms with Gasteiger partial charge in [0.25, 0.3) is 5.91 Å². The molecule has 5 rings (SSSR count). The van der Waals surface area contributed by atoms with Gasteiger partial charge in [0.1, 0.15) is 5.75 Å². The number of carbonyl (C=O) groups excluding carboxylic acids is 1. The topological polar surface area (TPSA) is 60.2 Å². The molecule has 6 nitrogen and oxygen atoms in total. The van der Waals surface area contributed by atoms with Gasteiger partial charge in [0.05, 0.1) is 16.5 Å². The van der Waals surface area contributed by atoms with Crippen LogP contribution in [0.2, 0.25) is 0 Å². The molecule has 0 N–H and O–H groups in total. The Morgan fingerprint density at radius 2 is 1.91 bits per heavy atom. The van der Waals surface area contributed by atoms with Crippen molar-refractivity contribution in [3.05, 3.63) is 84.4 Å². The van der Waals surface area contributed by atoms with Crippen molar-refractivity contribution in [1.29, 1.82) is 0 Å². The molecule has 0 aliphatic heterocycles. The predicted molar refractivity (Wildman–Crippen MR) is 145 cm³/mol. The van der Waals surface area contributed by atoms with Gasteiger partial charge in [-0.1, -0.05) is 47.7 Å². The number of anilines is 1. The molecule has 0 saturated carbocycles. The highest BCUT2D eigenvalue weighted by atomic mass is 35.5. The zero-order valence-electron chi connectivity index (χ0n) is 19.7. The molecule has 0 aliphatic rings. The van der Waals surface area contributed by atoms with E-state index in [1.54, 1.807) is 28.8 Å². The summed E-state index contributed by atoms with van der Waals surface area (Å²) in [6.07, 6.45) is 6.27. The molecule has 1 amide bonds. The van der Waals surface area contributed by atoms with Gasteiger partial charge in [-0.25, -0.2) is 9.97 Å². The second-order valence-corrected chi connectivity index (χ2v) is 9.36. The minimum Gasteiger partial charge on any atom is -0.484 e. The molecular formula is C27H27ClN4O2S. The van der Waals surface area contributed by atoms with Crippen LogP contribution in [0.1, 0.15) is 17.5 Å². The Morgan fingerprint density at radius 1 is 1.09 bits per heavy atom. The summed E-state index contributed by atoms with van der Waals surface area (Å²) >= 11 is 1.55. The second-order valence-electron chi connectivity index (χ2n) is 8.35. The molecule has 35 heavy (non-hydrogen) atoms. The summed E-state index contributed by atoms with van der Waals surface area (Å²) < 4.78 is 9.02. The van der Waals surface area contributed by atoms with Gasteiger partial charge >= 0.3 is 0 Å². The maximum Gasteiger partial charge on any atom is 0.266 e. The number of ether oxygens (including phenoxy) is 1. The number of rotatable bonds is 8. The molecule has 0 bridgehead atoms.